The Morgan fingerprint density at radius 3 is 2.50 bits per heavy atom. The molecule has 0 saturated carbocycles. The van der Waals surface area contributed by atoms with Crippen LogP contribution in [-0.4, -0.2) is 13.0 Å². The first-order valence-electron chi connectivity index (χ1n) is 2.01. The van der Waals surface area contributed by atoms with Crippen LogP contribution in [0.3, 0.4) is 0 Å². The Morgan fingerprint density at radius 1 is 1.88 bits per heavy atom. The average molecular weight is 135 g/mol. The smallest absolute Gasteiger partial charge is 0.246 e. The molecule has 0 saturated heterocycles. The zero-order chi connectivity index (χ0) is 6.57. The summed E-state index contributed by atoms with van der Waals surface area (Å²) >= 11 is 5.13. The van der Waals surface area contributed by atoms with Gasteiger partial charge in [-0.1, -0.05) is 11.6 Å². The predicted molar refractivity (Wildman–Crippen MR) is 32.2 cm³/mol. The van der Waals surface area contributed by atoms with Crippen molar-refractivity contribution in [2.24, 2.45) is 5.73 Å². The average Bonchev–Trinajstić information content (AvgIpc) is 1.65. The molecule has 0 fully saturated rings. The summed E-state index contributed by atoms with van der Waals surface area (Å²) < 4.78 is 0. The van der Waals surface area contributed by atoms with E-state index in [1.807, 2.05) is 0 Å². The van der Waals surface area contributed by atoms with Crippen molar-refractivity contribution in [3.63, 3.8) is 0 Å². The van der Waals surface area contributed by atoms with Gasteiger partial charge in [0.25, 0.3) is 0 Å². The Morgan fingerprint density at radius 2 is 2.38 bits per heavy atom. The molecule has 0 radical (unpaired) electrons. The molecule has 0 aliphatic heterocycles. The second kappa shape index (κ2) is 3.32. The van der Waals surface area contributed by atoms with Gasteiger partial charge in [0.1, 0.15) is 5.16 Å². The first-order valence-corrected chi connectivity index (χ1v) is 2.39. The molecule has 0 aromatic carbocycles. The van der Waals surface area contributed by atoms with E-state index in [0.29, 0.717) is 0 Å². The Bertz CT molecular complexity index is 117. The molecule has 3 nitrogen and oxygen atoms in total. The predicted octanol–water partition coefficient (Wildman–Crippen LogP) is -0.229. The Balaban J connectivity index is 3.70. The molecule has 0 aromatic rings. The van der Waals surface area contributed by atoms with Gasteiger partial charge in [-0.25, -0.2) is 0 Å². The fraction of sp³-hybridized carbons (Fsp3) is 0.250. The standard InChI is InChI=1S/C4H7ClN2O/c1-7-4(8)2-3(5)6/h2H,6H2,1H3,(H,7,8)/b3-2-. The second-order valence-corrected chi connectivity index (χ2v) is 1.58. The Kier molecular flexibility index (Phi) is 3.03. The van der Waals surface area contributed by atoms with E-state index >= 15 is 0 Å². The van der Waals surface area contributed by atoms with Crippen LogP contribution in [-0.2, 0) is 4.79 Å². The third-order valence-corrected chi connectivity index (χ3v) is 0.624. The van der Waals surface area contributed by atoms with Crippen molar-refractivity contribution in [3.8, 4) is 0 Å². The molecule has 0 heterocycles. The van der Waals surface area contributed by atoms with Gasteiger partial charge in [-0.05, 0) is 0 Å². The zero-order valence-corrected chi connectivity index (χ0v) is 5.20. The highest BCUT2D eigenvalue weighted by atomic mass is 35.5. The monoisotopic (exact) mass is 134 g/mol. The first kappa shape index (κ1) is 7.30. The molecule has 0 atom stereocenters. The molecular weight excluding hydrogens is 128 g/mol. The number of hydrogen-bond acceptors (Lipinski definition) is 2. The summed E-state index contributed by atoms with van der Waals surface area (Å²) in [6, 6.07) is 0. The molecule has 46 valence electrons. The van der Waals surface area contributed by atoms with Crippen LogP contribution in [0.1, 0.15) is 0 Å². The van der Waals surface area contributed by atoms with E-state index in [-0.39, 0.29) is 11.1 Å². The number of carbonyl (C=O) groups excluding carboxylic acids is 1. The molecule has 8 heavy (non-hydrogen) atoms. The fourth-order valence-corrected chi connectivity index (χ4v) is 0.297. The van der Waals surface area contributed by atoms with Crippen LogP contribution < -0.4 is 11.1 Å². The van der Waals surface area contributed by atoms with Gasteiger partial charge in [0, 0.05) is 13.1 Å². The SMILES string of the molecule is CNC(=O)/C=C(\N)Cl. The van der Waals surface area contributed by atoms with Crippen LogP contribution in [0.15, 0.2) is 11.2 Å². The van der Waals surface area contributed by atoms with E-state index in [1.54, 1.807) is 0 Å². The summed E-state index contributed by atoms with van der Waals surface area (Å²) in [5, 5.41) is 2.31. The van der Waals surface area contributed by atoms with Crippen molar-refractivity contribution in [2.75, 3.05) is 7.05 Å². The maximum atomic E-state index is 10.3. The van der Waals surface area contributed by atoms with Gasteiger partial charge in [-0.15, -0.1) is 0 Å². The molecule has 0 aliphatic rings. The van der Waals surface area contributed by atoms with Gasteiger partial charge in [0.2, 0.25) is 5.91 Å². The molecule has 4 heteroatoms. The van der Waals surface area contributed by atoms with Crippen LogP contribution >= 0.6 is 11.6 Å². The van der Waals surface area contributed by atoms with Gasteiger partial charge in [0.15, 0.2) is 0 Å². The minimum atomic E-state index is -0.294. The number of halogens is 1. The van der Waals surface area contributed by atoms with Crippen LogP contribution in [0.2, 0.25) is 0 Å². The highest BCUT2D eigenvalue weighted by Gasteiger charge is 1.88. The van der Waals surface area contributed by atoms with Crippen molar-refractivity contribution < 1.29 is 4.79 Å². The van der Waals surface area contributed by atoms with E-state index in [4.69, 9.17) is 17.3 Å². The number of carbonyl (C=O) groups is 1. The van der Waals surface area contributed by atoms with Crippen molar-refractivity contribution in [1.82, 2.24) is 5.32 Å². The molecule has 0 rings (SSSR count). The van der Waals surface area contributed by atoms with E-state index in [9.17, 15) is 4.79 Å². The molecule has 0 bridgehead atoms. The van der Waals surface area contributed by atoms with Crippen LogP contribution in [0.4, 0.5) is 0 Å². The van der Waals surface area contributed by atoms with Gasteiger partial charge in [-0.2, -0.15) is 0 Å². The second-order valence-electron chi connectivity index (χ2n) is 1.14. The summed E-state index contributed by atoms with van der Waals surface area (Å²) in [6.45, 7) is 0. The topological polar surface area (TPSA) is 55.1 Å². The number of hydrogen-bond donors (Lipinski definition) is 2. The van der Waals surface area contributed by atoms with Gasteiger partial charge >= 0.3 is 0 Å². The van der Waals surface area contributed by atoms with Crippen molar-refractivity contribution in [2.45, 2.75) is 0 Å². The summed E-state index contributed by atoms with van der Waals surface area (Å²) in [5.41, 5.74) is 4.93. The van der Waals surface area contributed by atoms with Crippen molar-refractivity contribution in [3.05, 3.63) is 11.2 Å². The quantitative estimate of drug-likeness (QED) is 0.385. The largest absolute Gasteiger partial charge is 0.389 e. The zero-order valence-electron chi connectivity index (χ0n) is 4.44. The van der Waals surface area contributed by atoms with Crippen molar-refractivity contribution in [1.29, 1.82) is 0 Å². The minimum absolute atomic E-state index is 0.00986. The van der Waals surface area contributed by atoms with Crippen LogP contribution in [0.5, 0.6) is 0 Å². The lowest BCUT2D eigenvalue weighted by Crippen LogP contribution is -2.15. The van der Waals surface area contributed by atoms with Crippen molar-refractivity contribution >= 4 is 17.5 Å². The molecule has 0 spiro atoms. The molecule has 0 aliphatic carbocycles. The number of nitrogens with two attached hydrogens (primary N) is 1. The first-order chi connectivity index (χ1) is 3.66. The van der Waals surface area contributed by atoms with E-state index < -0.39 is 0 Å². The van der Waals surface area contributed by atoms with E-state index in [1.165, 1.54) is 7.05 Å². The van der Waals surface area contributed by atoms with E-state index in [0.717, 1.165) is 6.08 Å². The Hall–Kier alpha value is -0.700. The highest BCUT2D eigenvalue weighted by Crippen LogP contribution is 1.86. The molecule has 1 amide bonds. The van der Waals surface area contributed by atoms with Crippen LogP contribution in [0, 0.1) is 0 Å². The normalized spacial score (nSPS) is 11.0. The van der Waals surface area contributed by atoms with Gasteiger partial charge in [0.05, 0.1) is 0 Å². The third kappa shape index (κ3) is 3.49. The number of amides is 1. The van der Waals surface area contributed by atoms with Gasteiger partial charge in [-0.3, -0.25) is 4.79 Å². The molecular formula is C4H7ClN2O. The summed E-state index contributed by atoms with van der Waals surface area (Å²) in [5.74, 6) is -0.294. The summed E-state index contributed by atoms with van der Waals surface area (Å²) in [7, 11) is 1.50. The fourth-order valence-electron chi connectivity index (χ4n) is 0.197. The lowest BCUT2D eigenvalue weighted by molar-refractivity contribution is -0.116. The lowest BCUT2D eigenvalue weighted by Gasteiger charge is -1.87. The third-order valence-electron chi connectivity index (χ3n) is 0.515. The minimum Gasteiger partial charge on any atom is -0.389 e. The Labute approximate surface area is 52.5 Å². The van der Waals surface area contributed by atoms with Crippen LogP contribution in [0.25, 0.3) is 0 Å². The number of likely N-dealkylation sites (N-methyl/N-ethyl adjacent to an activating group) is 1. The van der Waals surface area contributed by atoms with E-state index in [2.05, 4.69) is 5.32 Å². The van der Waals surface area contributed by atoms with Gasteiger partial charge < -0.3 is 11.1 Å². The highest BCUT2D eigenvalue weighted by molar-refractivity contribution is 6.30. The number of nitrogens with one attached hydrogen (secondary N) is 1. The maximum Gasteiger partial charge on any atom is 0.246 e. The molecule has 0 aromatic heterocycles. The summed E-state index contributed by atoms with van der Waals surface area (Å²) in [4.78, 5) is 10.3. The molecule has 0 unspecified atom stereocenters. The maximum absolute atomic E-state index is 10.3. The number of rotatable bonds is 1. The summed E-state index contributed by atoms with van der Waals surface area (Å²) in [6.07, 6.45) is 1.10. The lowest BCUT2D eigenvalue weighted by atomic mass is 10.6. The molecule has 3 N–H and O–H groups in total.